The Kier molecular flexibility index (Phi) is 5.09. The van der Waals surface area contributed by atoms with E-state index in [1.807, 2.05) is 0 Å². The van der Waals surface area contributed by atoms with Crippen LogP contribution in [0.5, 0.6) is 12.0 Å². The molecule has 1 rings (SSSR count). The molecule has 0 aliphatic heterocycles. The van der Waals surface area contributed by atoms with Gasteiger partial charge in [-0.15, -0.1) is 4.98 Å². The van der Waals surface area contributed by atoms with Crippen LogP contribution in [0.4, 0.5) is 0 Å². The highest BCUT2D eigenvalue weighted by atomic mass is 16.5. The zero-order chi connectivity index (χ0) is 12.8. The maximum absolute atomic E-state index is 6.01. The Labute approximate surface area is 102 Å². The van der Waals surface area contributed by atoms with Gasteiger partial charge in [0.2, 0.25) is 0 Å². The molecule has 0 aromatic carbocycles. The molecule has 0 saturated carbocycles. The van der Waals surface area contributed by atoms with Crippen LogP contribution >= 0.6 is 0 Å². The van der Waals surface area contributed by atoms with Crippen molar-refractivity contribution < 1.29 is 9.47 Å². The summed E-state index contributed by atoms with van der Waals surface area (Å²) in [6, 6.07) is 0.541. The maximum Gasteiger partial charge on any atom is 0.322 e. The second-order valence-corrected chi connectivity index (χ2v) is 4.32. The summed E-state index contributed by atoms with van der Waals surface area (Å²) in [5.41, 5.74) is 6.01. The number of rotatable bonds is 6. The third-order valence-corrected chi connectivity index (χ3v) is 2.22. The average molecular weight is 240 g/mol. The van der Waals surface area contributed by atoms with E-state index in [4.69, 9.17) is 15.2 Å². The molecule has 0 spiro atoms. The number of hydrogen-bond donors (Lipinski definition) is 1. The van der Waals surface area contributed by atoms with Gasteiger partial charge < -0.3 is 15.2 Å². The molecule has 2 N–H and O–H groups in total. The fourth-order valence-electron chi connectivity index (χ4n) is 1.57. The quantitative estimate of drug-likeness (QED) is 0.792. The van der Waals surface area contributed by atoms with Gasteiger partial charge in [-0.2, -0.15) is 9.97 Å². The molecule has 6 nitrogen and oxygen atoms in total. The first kappa shape index (κ1) is 13.6. The Hall–Kier alpha value is -1.43. The number of hydrogen-bond acceptors (Lipinski definition) is 6. The molecule has 0 aliphatic carbocycles. The van der Waals surface area contributed by atoms with Crippen LogP contribution in [0.3, 0.4) is 0 Å². The summed E-state index contributed by atoms with van der Waals surface area (Å²) in [6.07, 6.45) is 1.52. The minimum atomic E-state index is 0.0341. The molecule has 0 bridgehead atoms. The van der Waals surface area contributed by atoms with Gasteiger partial charge in [0.15, 0.2) is 0 Å². The van der Waals surface area contributed by atoms with Crippen molar-refractivity contribution in [3.63, 3.8) is 0 Å². The first-order valence-corrected chi connectivity index (χ1v) is 5.63. The minimum Gasteiger partial charge on any atom is -0.467 e. The van der Waals surface area contributed by atoms with Crippen molar-refractivity contribution in [3.8, 4) is 12.0 Å². The lowest BCUT2D eigenvalue weighted by molar-refractivity contribution is 0.334. The second kappa shape index (κ2) is 6.34. The van der Waals surface area contributed by atoms with Crippen molar-refractivity contribution in [2.45, 2.75) is 32.7 Å². The van der Waals surface area contributed by atoms with E-state index in [9.17, 15) is 0 Å². The SMILES string of the molecule is COc1nc(CC(N)CC(C)C)nc(OC)n1. The van der Waals surface area contributed by atoms with Gasteiger partial charge in [-0.25, -0.2) is 0 Å². The van der Waals surface area contributed by atoms with Crippen LogP contribution in [0.2, 0.25) is 0 Å². The van der Waals surface area contributed by atoms with E-state index < -0.39 is 0 Å². The van der Waals surface area contributed by atoms with E-state index in [1.54, 1.807) is 0 Å². The Morgan fingerprint density at radius 1 is 1.06 bits per heavy atom. The highest BCUT2D eigenvalue weighted by Gasteiger charge is 2.12. The van der Waals surface area contributed by atoms with Crippen LogP contribution in [0.25, 0.3) is 0 Å². The summed E-state index contributed by atoms with van der Waals surface area (Å²) >= 11 is 0. The van der Waals surface area contributed by atoms with E-state index in [0.29, 0.717) is 18.2 Å². The standard InChI is InChI=1S/C11H20N4O2/c1-7(2)5-8(12)6-9-13-10(16-3)15-11(14-9)17-4/h7-8H,5-6,12H2,1-4H3. The molecule has 0 amide bonds. The molecule has 17 heavy (non-hydrogen) atoms. The normalized spacial score (nSPS) is 12.6. The number of nitrogens with two attached hydrogens (primary N) is 1. The number of nitrogens with zero attached hydrogens (tertiary/aromatic N) is 3. The van der Waals surface area contributed by atoms with E-state index in [-0.39, 0.29) is 18.1 Å². The van der Waals surface area contributed by atoms with E-state index >= 15 is 0 Å². The highest BCUT2D eigenvalue weighted by molar-refractivity contribution is 5.06. The lowest BCUT2D eigenvalue weighted by Crippen LogP contribution is -2.26. The van der Waals surface area contributed by atoms with Gasteiger partial charge in [0.25, 0.3) is 0 Å². The van der Waals surface area contributed by atoms with Crippen LogP contribution in [0, 0.1) is 5.92 Å². The topological polar surface area (TPSA) is 83.2 Å². The summed E-state index contributed by atoms with van der Waals surface area (Å²) in [6.45, 7) is 4.27. The van der Waals surface area contributed by atoms with Gasteiger partial charge in [0.1, 0.15) is 5.82 Å². The average Bonchev–Trinajstić information content (AvgIpc) is 2.27. The molecule has 1 heterocycles. The minimum absolute atomic E-state index is 0.0341. The van der Waals surface area contributed by atoms with Gasteiger partial charge in [-0.05, 0) is 12.3 Å². The molecule has 0 aliphatic rings. The molecule has 0 saturated heterocycles. The second-order valence-electron chi connectivity index (χ2n) is 4.32. The zero-order valence-electron chi connectivity index (χ0n) is 10.8. The summed E-state index contributed by atoms with van der Waals surface area (Å²) in [7, 11) is 3.01. The zero-order valence-corrected chi connectivity index (χ0v) is 10.8. The number of methoxy groups -OCH3 is 2. The monoisotopic (exact) mass is 240 g/mol. The van der Waals surface area contributed by atoms with Crippen LogP contribution in [-0.4, -0.2) is 35.2 Å². The maximum atomic E-state index is 6.01. The fraction of sp³-hybridized carbons (Fsp3) is 0.727. The molecular weight excluding hydrogens is 220 g/mol. The Morgan fingerprint density at radius 2 is 1.59 bits per heavy atom. The lowest BCUT2D eigenvalue weighted by atomic mass is 10.0. The molecular formula is C11H20N4O2. The van der Waals surface area contributed by atoms with Crippen LogP contribution in [-0.2, 0) is 6.42 Å². The van der Waals surface area contributed by atoms with Crippen LogP contribution < -0.4 is 15.2 Å². The van der Waals surface area contributed by atoms with E-state index in [2.05, 4.69) is 28.8 Å². The molecule has 1 unspecified atom stereocenters. The summed E-state index contributed by atoms with van der Waals surface area (Å²) in [4.78, 5) is 12.2. The van der Waals surface area contributed by atoms with Gasteiger partial charge in [0, 0.05) is 12.5 Å². The predicted octanol–water partition coefficient (Wildman–Crippen LogP) is 0.805. The molecule has 6 heteroatoms. The van der Waals surface area contributed by atoms with E-state index in [0.717, 1.165) is 6.42 Å². The lowest BCUT2D eigenvalue weighted by Gasteiger charge is -2.13. The van der Waals surface area contributed by atoms with Crippen molar-refractivity contribution in [1.29, 1.82) is 0 Å². The van der Waals surface area contributed by atoms with Crippen molar-refractivity contribution in [3.05, 3.63) is 5.82 Å². The predicted molar refractivity (Wildman–Crippen MR) is 64.1 cm³/mol. The Balaban J connectivity index is 2.75. The van der Waals surface area contributed by atoms with Gasteiger partial charge in [-0.1, -0.05) is 13.8 Å². The first-order valence-electron chi connectivity index (χ1n) is 5.63. The van der Waals surface area contributed by atoms with Crippen molar-refractivity contribution in [2.24, 2.45) is 11.7 Å². The highest BCUT2D eigenvalue weighted by Crippen LogP contribution is 2.12. The third-order valence-electron chi connectivity index (χ3n) is 2.22. The van der Waals surface area contributed by atoms with Gasteiger partial charge in [-0.3, -0.25) is 0 Å². The fourth-order valence-corrected chi connectivity index (χ4v) is 1.57. The smallest absolute Gasteiger partial charge is 0.322 e. The van der Waals surface area contributed by atoms with Crippen molar-refractivity contribution in [1.82, 2.24) is 15.0 Å². The Bertz CT molecular complexity index is 335. The largest absolute Gasteiger partial charge is 0.467 e. The van der Waals surface area contributed by atoms with Crippen molar-refractivity contribution in [2.75, 3.05) is 14.2 Å². The molecule has 1 atom stereocenters. The van der Waals surface area contributed by atoms with Crippen LogP contribution in [0.15, 0.2) is 0 Å². The summed E-state index contributed by atoms with van der Waals surface area (Å²) < 4.78 is 9.95. The molecule has 96 valence electrons. The summed E-state index contributed by atoms with van der Waals surface area (Å²) in [5.74, 6) is 1.15. The first-order chi connectivity index (χ1) is 8.05. The molecule has 1 aromatic heterocycles. The van der Waals surface area contributed by atoms with Gasteiger partial charge in [0.05, 0.1) is 14.2 Å². The van der Waals surface area contributed by atoms with Crippen LogP contribution in [0.1, 0.15) is 26.1 Å². The third kappa shape index (κ3) is 4.52. The number of aromatic nitrogens is 3. The molecule has 0 fully saturated rings. The number of ether oxygens (including phenoxy) is 2. The Morgan fingerprint density at radius 3 is 2.00 bits per heavy atom. The van der Waals surface area contributed by atoms with Gasteiger partial charge >= 0.3 is 12.0 Å². The molecule has 0 radical (unpaired) electrons. The van der Waals surface area contributed by atoms with Crippen molar-refractivity contribution >= 4 is 0 Å². The van der Waals surface area contributed by atoms with E-state index in [1.165, 1.54) is 14.2 Å². The molecule has 1 aromatic rings. The summed E-state index contributed by atoms with van der Waals surface area (Å²) in [5, 5.41) is 0.